The van der Waals surface area contributed by atoms with E-state index in [9.17, 15) is 18.0 Å². The zero-order valence-electron chi connectivity index (χ0n) is 16.5. The first-order valence-corrected chi connectivity index (χ1v) is 11.8. The molecule has 2 rings (SSSR count). The Bertz CT molecular complexity index is 790. The summed E-state index contributed by atoms with van der Waals surface area (Å²) >= 11 is 1.49. The van der Waals surface area contributed by atoms with Crippen molar-refractivity contribution in [3.8, 4) is 0 Å². The molecule has 10 nitrogen and oxygen atoms in total. The number of hydrogen-bond donors (Lipinski definition) is 4. The van der Waals surface area contributed by atoms with Crippen molar-refractivity contribution in [2.45, 2.75) is 57.5 Å². The summed E-state index contributed by atoms with van der Waals surface area (Å²) in [5, 5.41) is 8.07. The number of methoxy groups -OCH3 is 1. The first kappa shape index (κ1) is 23.5. The van der Waals surface area contributed by atoms with Gasteiger partial charge in [-0.15, -0.1) is 11.3 Å². The summed E-state index contributed by atoms with van der Waals surface area (Å²) in [6.07, 6.45) is 3.56. The number of aryl methyl sites for hydroxylation is 1. The minimum atomic E-state index is -4.20. The summed E-state index contributed by atoms with van der Waals surface area (Å²) in [5.41, 5.74) is 0.956. The Morgan fingerprint density at radius 3 is 2.59 bits per heavy atom. The van der Waals surface area contributed by atoms with E-state index in [-0.39, 0.29) is 30.5 Å². The smallest absolute Gasteiger partial charge is 0.407 e. The zero-order valence-corrected chi connectivity index (χ0v) is 18.1. The van der Waals surface area contributed by atoms with Gasteiger partial charge in [0.05, 0.1) is 18.8 Å². The zero-order chi connectivity index (χ0) is 21.4. The Labute approximate surface area is 174 Å². The third-order valence-electron chi connectivity index (χ3n) is 4.88. The van der Waals surface area contributed by atoms with E-state index in [4.69, 9.17) is 4.55 Å². The van der Waals surface area contributed by atoms with Gasteiger partial charge >= 0.3 is 16.4 Å². The highest BCUT2D eigenvalue weighted by atomic mass is 32.2. The quantitative estimate of drug-likeness (QED) is 0.419. The van der Waals surface area contributed by atoms with Crippen molar-refractivity contribution in [2.24, 2.45) is 5.92 Å². The molecule has 1 atom stereocenters. The molecule has 1 fully saturated rings. The largest absolute Gasteiger partial charge is 0.453 e. The highest BCUT2D eigenvalue weighted by Gasteiger charge is 2.28. The summed E-state index contributed by atoms with van der Waals surface area (Å²) in [5.74, 6) is -0.0577. The van der Waals surface area contributed by atoms with Gasteiger partial charge in [0.1, 0.15) is 11.6 Å². The predicted molar refractivity (Wildman–Crippen MR) is 108 cm³/mol. The predicted octanol–water partition coefficient (Wildman–Crippen LogP) is 1.56. The number of aromatic nitrogens is 1. The standard InChI is InChI=1S/C17H28N4O6S2/c1-3-12-10-28-16(19-12)14(20-15(22)9-18-17(23)27-2)8-11-4-6-13(7-5-11)21-29(24,25)26/h10-11,13-14,21H,3-9H2,1-2H3,(H,18,23)(H,20,22)(H,24,25,26). The Balaban J connectivity index is 1.97. The fourth-order valence-electron chi connectivity index (χ4n) is 3.40. The molecule has 164 valence electrons. The number of thiazole rings is 1. The van der Waals surface area contributed by atoms with Gasteiger partial charge in [0.15, 0.2) is 0 Å². The van der Waals surface area contributed by atoms with E-state index >= 15 is 0 Å². The minimum Gasteiger partial charge on any atom is -0.453 e. The topological polar surface area (TPSA) is 147 Å². The second kappa shape index (κ2) is 10.9. The molecule has 4 N–H and O–H groups in total. The van der Waals surface area contributed by atoms with Crippen LogP contribution >= 0.6 is 11.3 Å². The van der Waals surface area contributed by atoms with Gasteiger partial charge in [-0.2, -0.15) is 13.1 Å². The maximum Gasteiger partial charge on any atom is 0.407 e. The fraction of sp³-hybridized carbons (Fsp3) is 0.706. The SMILES string of the molecule is CCc1csc(C(CC2CCC(NS(=O)(=O)O)CC2)NC(=O)CNC(=O)OC)n1. The molecule has 12 heteroatoms. The normalized spacial score (nSPS) is 20.7. The number of rotatable bonds is 9. The average Bonchev–Trinajstić information content (AvgIpc) is 3.15. The maximum atomic E-state index is 12.3. The molecule has 0 radical (unpaired) electrons. The third kappa shape index (κ3) is 8.25. The van der Waals surface area contributed by atoms with Gasteiger partial charge in [0.2, 0.25) is 5.91 Å². The first-order valence-electron chi connectivity index (χ1n) is 9.50. The summed E-state index contributed by atoms with van der Waals surface area (Å²) in [6.45, 7) is 1.82. The summed E-state index contributed by atoms with van der Waals surface area (Å²) in [7, 11) is -2.97. The Morgan fingerprint density at radius 2 is 2.03 bits per heavy atom. The van der Waals surface area contributed by atoms with E-state index in [1.54, 1.807) is 0 Å². The Kier molecular flexibility index (Phi) is 8.80. The van der Waals surface area contributed by atoms with Crippen LogP contribution in [0.1, 0.15) is 55.8 Å². The van der Waals surface area contributed by atoms with Crippen LogP contribution in [0.2, 0.25) is 0 Å². The lowest BCUT2D eigenvalue weighted by atomic mass is 9.82. The molecule has 1 aromatic rings. The number of hydrogen-bond acceptors (Lipinski definition) is 7. The number of alkyl carbamates (subject to hydrolysis) is 1. The lowest BCUT2D eigenvalue weighted by Crippen LogP contribution is -2.40. The molecule has 0 saturated heterocycles. The summed E-state index contributed by atoms with van der Waals surface area (Å²) in [6, 6.07) is -0.562. The molecule has 1 saturated carbocycles. The lowest BCUT2D eigenvalue weighted by Gasteiger charge is -2.30. The van der Waals surface area contributed by atoms with Crippen LogP contribution in [0.4, 0.5) is 4.79 Å². The van der Waals surface area contributed by atoms with E-state index in [1.165, 1.54) is 18.4 Å². The Morgan fingerprint density at radius 1 is 1.34 bits per heavy atom. The van der Waals surface area contributed by atoms with Crippen LogP contribution in [0.5, 0.6) is 0 Å². The third-order valence-corrected chi connectivity index (χ3v) is 6.51. The van der Waals surface area contributed by atoms with Gasteiger partial charge in [-0.3, -0.25) is 9.35 Å². The number of carbonyl (C=O) groups is 2. The van der Waals surface area contributed by atoms with E-state index in [0.29, 0.717) is 19.3 Å². The molecule has 0 spiro atoms. The molecule has 1 aliphatic carbocycles. The van der Waals surface area contributed by atoms with Gasteiger partial charge in [0, 0.05) is 11.4 Å². The van der Waals surface area contributed by atoms with Gasteiger partial charge in [-0.25, -0.2) is 9.78 Å². The molecular weight excluding hydrogens is 420 g/mol. The molecule has 29 heavy (non-hydrogen) atoms. The highest BCUT2D eigenvalue weighted by molar-refractivity contribution is 7.83. The van der Waals surface area contributed by atoms with Crippen LogP contribution in [0.3, 0.4) is 0 Å². The monoisotopic (exact) mass is 448 g/mol. The van der Waals surface area contributed by atoms with Gasteiger partial charge in [-0.05, 0) is 44.4 Å². The van der Waals surface area contributed by atoms with Crippen molar-refractivity contribution in [1.29, 1.82) is 0 Å². The van der Waals surface area contributed by atoms with Gasteiger partial charge in [0.25, 0.3) is 0 Å². The molecule has 0 aliphatic heterocycles. The van der Waals surface area contributed by atoms with E-state index in [2.05, 4.69) is 25.1 Å². The molecular formula is C17H28N4O6S2. The number of amides is 2. The van der Waals surface area contributed by atoms with Crippen molar-refractivity contribution >= 4 is 33.6 Å². The van der Waals surface area contributed by atoms with Crippen LogP contribution in [-0.4, -0.2) is 49.7 Å². The van der Waals surface area contributed by atoms with Crippen molar-refractivity contribution in [3.63, 3.8) is 0 Å². The number of nitrogens with zero attached hydrogens (tertiary/aromatic N) is 1. The molecule has 0 aromatic carbocycles. The fourth-order valence-corrected chi connectivity index (χ4v) is 5.02. The van der Waals surface area contributed by atoms with Crippen LogP contribution in [0.15, 0.2) is 5.38 Å². The molecule has 2 amide bonds. The highest BCUT2D eigenvalue weighted by Crippen LogP contribution is 2.33. The Hall–Kier alpha value is -1.76. The van der Waals surface area contributed by atoms with E-state index in [0.717, 1.165) is 30.0 Å². The molecule has 1 unspecified atom stereocenters. The van der Waals surface area contributed by atoms with Crippen molar-refractivity contribution in [2.75, 3.05) is 13.7 Å². The van der Waals surface area contributed by atoms with Crippen LogP contribution in [0, 0.1) is 5.92 Å². The summed E-state index contributed by atoms with van der Waals surface area (Å²) in [4.78, 5) is 28.0. The van der Waals surface area contributed by atoms with Crippen LogP contribution < -0.4 is 15.4 Å². The van der Waals surface area contributed by atoms with Crippen molar-refractivity contribution in [3.05, 3.63) is 16.1 Å². The second-order valence-electron chi connectivity index (χ2n) is 7.04. The van der Waals surface area contributed by atoms with Crippen LogP contribution in [0.25, 0.3) is 0 Å². The maximum absolute atomic E-state index is 12.3. The minimum absolute atomic E-state index is 0.194. The van der Waals surface area contributed by atoms with E-state index < -0.39 is 16.4 Å². The van der Waals surface area contributed by atoms with Crippen molar-refractivity contribution in [1.82, 2.24) is 20.3 Å². The van der Waals surface area contributed by atoms with Gasteiger partial charge in [-0.1, -0.05) is 6.92 Å². The lowest BCUT2D eigenvalue weighted by molar-refractivity contribution is -0.121. The van der Waals surface area contributed by atoms with Crippen LogP contribution in [-0.2, 0) is 26.3 Å². The number of ether oxygens (including phenoxy) is 1. The first-order chi connectivity index (χ1) is 13.7. The second-order valence-corrected chi connectivity index (χ2v) is 9.12. The van der Waals surface area contributed by atoms with Gasteiger partial charge < -0.3 is 15.4 Å². The summed E-state index contributed by atoms with van der Waals surface area (Å²) < 4.78 is 37.6. The van der Waals surface area contributed by atoms with E-state index in [1.807, 2.05) is 12.3 Å². The molecule has 1 aromatic heterocycles. The molecule has 0 bridgehead atoms. The molecule has 1 heterocycles. The average molecular weight is 449 g/mol. The van der Waals surface area contributed by atoms with Crippen molar-refractivity contribution < 1.29 is 27.3 Å². The number of carbonyl (C=O) groups excluding carboxylic acids is 2. The molecule has 1 aliphatic rings. The number of nitrogens with one attached hydrogen (secondary N) is 3.